The third kappa shape index (κ3) is 4.09. The Morgan fingerprint density at radius 2 is 1.97 bits per heavy atom. The Labute approximate surface area is 206 Å². The van der Waals surface area contributed by atoms with E-state index in [4.69, 9.17) is 10.5 Å². The van der Waals surface area contributed by atoms with Crippen LogP contribution in [0.3, 0.4) is 0 Å². The second-order valence-electron chi connectivity index (χ2n) is 7.58. The molecule has 0 radical (unpaired) electrons. The number of ether oxygens (including phenoxy) is 1. The van der Waals surface area contributed by atoms with Gasteiger partial charge in [0.05, 0.1) is 12.6 Å². The van der Waals surface area contributed by atoms with E-state index in [2.05, 4.69) is 35.5 Å². The maximum absolute atomic E-state index is 13.2. The first-order valence-corrected chi connectivity index (χ1v) is 10.6. The van der Waals surface area contributed by atoms with Crippen LogP contribution in [0.2, 0.25) is 0 Å². The molecule has 186 valence electrons. The van der Waals surface area contributed by atoms with Crippen LogP contribution in [0, 0.1) is 0 Å². The van der Waals surface area contributed by atoms with Crippen molar-refractivity contribution in [3.8, 4) is 28.7 Å². The highest BCUT2D eigenvalue weighted by atomic mass is 16.6. The van der Waals surface area contributed by atoms with Gasteiger partial charge in [-0.3, -0.25) is 14.2 Å². The lowest BCUT2D eigenvalue weighted by molar-refractivity contribution is -0.137. The molecule has 0 atom stereocenters. The number of para-hydroxylation sites is 1. The van der Waals surface area contributed by atoms with Gasteiger partial charge in [-0.1, -0.05) is 35.5 Å². The lowest BCUT2D eigenvalue weighted by atomic mass is 10.1. The summed E-state index contributed by atoms with van der Waals surface area (Å²) in [5, 5.41) is 43.1. The molecule has 3 heterocycles. The predicted octanol–water partition coefficient (Wildman–Crippen LogP) is 2.58. The fourth-order valence-corrected chi connectivity index (χ4v) is 3.75. The summed E-state index contributed by atoms with van der Waals surface area (Å²) in [7, 11) is 1.49. The number of amides is 1. The van der Waals surface area contributed by atoms with Crippen LogP contribution in [0.5, 0.6) is 11.6 Å². The molecule has 5 aromatic rings. The number of fused-ring (bicyclic) bond motifs is 1. The van der Waals surface area contributed by atoms with Crippen molar-refractivity contribution in [2.24, 2.45) is 10.2 Å². The molecule has 15 heteroatoms. The Hall–Kier alpha value is -5.60. The van der Waals surface area contributed by atoms with Crippen molar-refractivity contribution in [1.29, 1.82) is 0 Å². The van der Waals surface area contributed by atoms with E-state index in [-0.39, 0.29) is 28.7 Å². The fourth-order valence-electron chi connectivity index (χ4n) is 3.75. The number of hydrogen-bond acceptors (Lipinski definition) is 11. The lowest BCUT2D eigenvalue weighted by Gasteiger charge is -2.06. The van der Waals surface area contributed by atoms with E-state index in [0.29, 0.717) is 22.2 Å². The van der Waals surface area contributed by atoms with Gasteiger partial charge in [0.1, 0.15) is 18.0 Å². The summed E-state index contributed by atoms with van der Waals surface area (Å²) in [6.07, 6.45) is 0. The second-order valence-corrected chi connectivity index (χ2v) is 7.58. The van der Waals surface area contributed by atoms with Gasteiger partial charge in [0.15, 0.2) is 11.4 Å². The highest BCUT2D eigenvalue weighted by molar-refractivity contribution is 6.00. The first-order chi connectivity index (χ1) is 17.9. The minimum Gasteiger partial charge on any atom is -0.497 e. The highest BCUT2D eigenvalue weighted by Gasteiger charge is 2.26. The zero-order valence-corrected chi connectivity index (χ0v) is 19.0. The second kappa shape index (κ2) is 9.21. The Kier molecular flexibility index (Phi) is 5.77. The number of nitrogens with zero attached hydrogens (tertiary/aromatic N) is 8. The summed E-state index contributed by atoms with van der Waals surface area (Å²) in [5.74, 6) is -2.14. The van der Waals surface area contributed by atoms with E-state index in [1.54, 1.807) is 48.5 Å². The number of aliphatic carboxylic acids is 1. The van der Waals surface area contributed by atoms with Crippen molar-refractivity contribution in [2.45, 2.75) is 6.54 Å². The Morgan fingerprint density at radius 1 is 1.16 bits per heavy atom. The van der Waals surface area contributed by atoms with Crippen molar-refractivity contribution in [3.05, 3.63) is 54.2 Å². The molecule has 15 nitrogen and oxygen atoms in total. The molecule has 0 fully saturated rings. The van der Waals surface area contributed by atoms with Gasteiger partial charge in [-0.25, -0.2) is 4.63 Å². The van der Waals surface area contributed by atoms with Gasteiger partial charge in [0, 0.05) is 10.9 Å². The predicted molar refractivity (Wildman–Crippen MR) is 126 cm³/mol. The number of aromatic nitrogens is 6. The number of carbonyl (C=O) groups is 2. The fraction of sp³-hybridized carbons (Fsp3) is 0.0909. The summed E-state index contributed by atoms with van der Waals surface area (Å²) in [6, 6.07) is 13.3. The summed E-state index contributed by atoms with van der Waals surface area (Å²) >= 11 is 0. The van der Waals surface area contributed by atoms with Crippen molar-refractivity contribution in [2.75, 3.05) is 12.8 Å². The smallest absolute Gasteiger partial charge is 0.323 e. The average Bonchev–Trinajstić information content (AvgIpc) is 3.59. The Bertz CT molecular complexity index is 1680. The number of rotatable bonds is 7. The van der Waals surface area contributed by atoms with E-state index >= 15 is 0 Å². The molecular weight excluding hydrogens is 486 g/mol. The van der Waals surface area contributed by atoms with Gasteiger partial charge < -0.3 is 20.7 Å². The maximum Gasteiger partial charge on any atom is 0.323 e. The normalized spacial score (nSPS) is 11.4. The van der Waals surface area contributed by atoms with Crippen LogP contribution in [-0.2, 0) is 11.3 Å². The minimum absolute atomic E-state index is 0.00399. The molecule has 5 rings (SSSR count). The van der Waals surface area contributed by atoms with Crippen molar-refractivity contribution in [1.82, 2.24) is 29.9 Å². The van der Waals surface area contributed by atoms with Gasteiger partial charge in [0.2, 0.25) is 17.5 Å². The van der Waals surface area contributed by atoms with Crippen LogP contribution in [-0.4, -0.2) is 59.1 Å². The zero-order chi connectivity index (χ0) is 26.1. The van der Waals surface area contributed by atoms with Gasteiger partial charge in [-0.05, 0) is 28.5 Å². The Morgan fingerprint density at radius 3 is 2.70 bits per heavy atom. The van der Waals surface area contributed by atoms with Gasteiger partial charge in [-0.2, -0.15) is 4.68 Å². The highest BCUT2D eigenvalue weighted by Crippen LogP contribution is 2.39. The van der Waals surface area contributed by atoms with Crippen LogP contribution >= 0.6 is 0 Å². The first-order valence-electron chi connectivity index (χ1n) is 10.6. The number of carboxylic acids is 1. The van der Waals surface area contributed by atoms with Crippen LogP contribution in [0.4, 0.5) is 11.5 Å². The maximum atomic E-state index is 13.2. The molecule has 4 N–H and O–H groups in total. The summed E-state index contributed by atoms with van der Waals surface area (Å²) < 4.78 is 12.2. The number of nitrogens with two attached hydrogens (primary N) is 1. The Balaban J connectivity index is 1.61. The molecule has 0 unspecified atom stereocenters. The number of carboxylic acid groups (broad SMARTS) is 1. The molecule has 1 amide bonds. The summed E-state index contributed by atoms with van der Waals surface area (Å²) in [4.78, 5) is 24.5. The minimum atomic E-state index is -1.17. The molecule has 0 aliphatic carbocycles. The first kappa shape index (κ1) is 23.2. The molecule has 2 aromatic carbocycles. The summed E-state index contributed by atoms with van der Waals surface area (Å²) in [6.45, 7) is -0.517. The largest absolute Gasteiger partial charge is 0.497 e. The lowest BCUT2D eigenvalue weighted by Crippen LogP contribution is -2.07. The van der Waals surface area contributed by atoms with E-state index in [0.717, 1.165) is 4.57 Å². The molecule has 3 aromatic heterocycles. The monoisotopic (exact) mass is 503 g/mol. The number of hydrogen-bond donors (Lipinski definition) is 3. The van der Waals surface area contributed by atoms with E-state index < -0.39 is 24.3 Å². The van der Waals surface area contributed by atoms with E-state index in [9.17, 15) is 19.8 Å². The van der Waals surface area contributed by atoms with E-state index in [1.807, 2.05) is 0 Å². The molecule has 0 aliphatic heterocycles. The SMILES string of the molecule is COc1cccc(-c2c(C(=O)N=Nc3c(O)n(CC(=O)O)c4ccccc34)nnn2-c2nonc2N)c1. The van der Waals surface area contributed by atoms with Crippen LogP contribution in [0.25, 0.3) is 28.0 Å². The van der Waals surface area contributed by atoms with Gasteiger partial charge >= 0.3 is 11.9 Å². The zero-order valence-electron chi connectivity index (χ0n) is 19.0. The third-order valence-electron chi connectivity index (χ3n) is 5.36. The number of methoxy groups -OCH3 is 1. The number of azo groups is 1. The quantitative estimate of drug-likeness (QED) is 0.275. The molecule has 0 spiro atoms. The van der Waals surface area contributed by atoms with Gasteiger partial charge in [0.25, 0.3) is 0 Å². The number of benzene rings is 2. The topological polar surface area (TPSA) is 209 Å². The number of aromatic hydroxyl groups is 1. The average molecular weight is 503 g/mol. The van der Waals surface area contributed by atoms with Crippen LogP contribution < -0.4 is 10.5 Å². The molecule has 0 saturated heterocycles. The van der Waals surface area contributed by atoms with Crippen molar-refractivity contribution in [3.63, 3.8) is 0 Å². The van der Waals surface area contributed by atoms with Crippen molar-refractivity contribution >= 4 is 34.3 Å². The van der Waals surface area contributed by atoms with Crippen LogP contribution in [0.1, 0.15) is 10.5 Å². The van der Waals surface area contributed by atoms with Gasteiger partial charge in [-0.15, -0.1) is 15.3 Å². The van der Waals surface area contributed by atoms with E-state index in [1.165, 1.54) is 11.8 Å². The number of nitrogen functional groups attached to an aromatic ring is 1. The van der Waals surface area contributed by atoms with Crippen molar-refractivity contribution < 1.29 is 29.2 Å². The van der Waals surface area contributed by atoms with Crippen LogP contribution in [0.15, 0.2) is 63.4 Å². The standard InChI is InChI=1S/C22H17N9O6/c1-36-12-6-4-5-11(9-12)18-17(25-29-31(18)20-19(23)27-37-28-20)21(34)26-24-16-13-7-2-3-8-14(13)30(22(16)35)10-15(32)33/h2-9,35H,10H2,1H3,(H2,23,27)(H,32,33). The molecule has 37 heavy (non-hydrogen) atoms. The molecule has 0 aliphatic rings. The number of anilines is 1. The molecular formula is C22H17N9O6. The molecule has 0 bridgehead atoms. The third-order valence-corrected chi connectivity index (χ3v) is 5.36. The number of carbonyl (C=O) groups excluding carboxylic acids is 1. The molecule has 0 saturated carbocycles. The summed E-state index contributed by atoms with van der Waals surface area (Å²) in [5.41, 5.74) is 6.55.